The third kappa shape index (κ3) is 5.27. The Balaban J connectivity index is 2.40. The fourth-order valence-corrected chi connectivity index (χ4v) is 2.04. The zero-order chi connectivity index (χ0) is 14.4. The highest BCUT2D eigenvalue weighted by molar-refractivity contribution is 6.35. The Hall–Kier alpha value is -0.970. The molecule has 0 aliphatic carbocycles. The van der Waals surface area contributed by atoms with E-state index in [1.807, 2.05) is 13.8 Å². The van der Waals surface area contributed by atoms with E-state index in [-0.39, 0.29) is 5.92 Å². The highest BCUT2D eigenvalue weighted by Crippen LogP contribution is 2.27. The Labute approximate surface area is 122 Å². The maximum Gasteiger partial charge on any atom is 0.320 e. The molecule has 6 heteroatoms. The molecule has 0 heterocycles. The van der Waals surface area contributed by atoms with Crippen LogP contribution in [-0.4, -0.2) is 30.3 Å². The summed E-state index contributed by atoms with van der Waals surface area (Å²) < 4.78 is 5.46. The van der Waals surface area contributed by atoms with Crippen molar-refractivity contribution in [2.24, 2.45) is 5.92 Å². The first-order valence-electron chi connectivity index (χ1n) is 5.96. The molecular weight excluding hydrogens is 289 g/mol. The number of halogens is 2. The summed E-state index contributed by atoms with van der Waals surface area (Å²) in [7, 11) is 0. The molecule has 0 aliphatic heterocycles. The molecule has 0 aromatic heterocycles. The molecule has 0 aliphatic rings. The molecule has 1 rings (SSSR count). The van der Waals surface area contributed by atoms with E-state index >= 15 is 0 Å². The van der Waals surface area contributed by atoms with E-state index in [1.54, 1.807) is 18.2 Å². The van der Waals surface area contributed by atoms with E-state index in [9.17, 15) is 4.79 Å². The molecule has 106 valence electrons. The number of ether oxygens (including phenoxy) is 1. The molecular formula is C13H17Cl2NO3. The van der Waals surface area contributed by atoms with Crippen LogP contribution in [0.2, 0.25) is 10.0 Å². The Morgan fingerprint density at radius 3 is 2.63 bits per heavy atom. The maximum absolute atomic E-state index is 11.0. The van der Waals surface area contributed by atoms with Crippen LogP contribution >= 0.6 is 23.2 Å². The summed E-state index contributed by atoms with van der Waals surface area (Å²) in [6, 6.07) is 4.39. The van der Waals surface area contributed by atoms with Crippen LogP contribution in [-0.2, 0) is 4.79 Å². The fourth-order valence-electron chi connectivity index (χ4n) is 1.58. The quantitative estimate of drug-likeness (QED) is 0.760. The lowest BCUT2D eigenvalue weighted by Crippen LogP contribution is -2.42. The summed E-state index contributed by atoms with van der Waals surface area (Å²) in [6.07, 6.45) is 0. The summed E-state index contributed by atoms with van der Waals surface area (Å²) in [5.41, 5.74) is 0. The van der Waals surface area contributed by atoms with Crippen molar-refractivity contribution in [3.63, 3.8) is 0 Å². The SMILES string of the molecule is CC(C)C(NCCOc1ccc(Cl)cc1Cl)C(=O)O. The van der Waals surface area contributed by atoms with Crippen molar-refractivity contribution in [2.45, 2.75) is 19.9 Å². The van der Waals surface area contributed by atoms with Gasteiger partial charge in [-0.25, -0.2) is 0 Å². The fraction of sp³-hybridized carbons (Fsp3) is 0.462. The van der Waals surface area contributed by atoms with Crippen LogP contribution in [0.5, 0.6) is 5.75 Å². The van der Waals surface area contributed by atoms with Crippen LogP contribution in [0.3, 0.4) is 0 Å². The minimum atomic E-state index is -0.862. The Kier molecular flexibility index (Phi) is 6.42. The van der Waals surface area contributed by atoms with Gasteiger partial charge >= 0.3 is 5.97 Å². The van der Waals surface area contributed by atoms with Crippen molar-refractivity contribution in [1.29, 1.82) is 0 Å². The van der Waals surface area contributed by atoms with Gasteiger partial charge in [0.15, 0.2) is 0 Å². The lowest BCUT2D eigenvalue weighted by molar-refractivity contribution is -0.140. The Bertz CT molecular complexity index is 438. The van der Waals surface area contributed by atoms with E-state index < -0.39 is 12.0 Å². The van der Waals surface area contributed by atoms with Crippen molar-refractivity contribution in [3.05, 3.63) is 28.2 Å². The molecule has 0 spiro atoms. The van der Waals surface area contributed by atoms with Gasteiger partial charge in [0.05, 0.1) is 5.02 Å². The Morgan fingerprint density at radius 1 is 1.42 bits per heavy atom. The number of carboxylic acids is 1. The predicted molar refractivity (Wildman–Crippen MR) is 76.2 cm³/mol. The number of nitrogens with one attached hydrogen (secondary N) is 1. The monoisotopic (exact) mass is 305 g/mol. The topological polar surface area (TPSA) is 58.6 Å². The molecule has 19 heavy (non-hydrogen) atoms. The standard InChI is InChI=1S/C13H17Cl2NO3/c1-8(2)12(13(17)18)16-5-6-19-11-4-3-9(14)7-10(11)15/h3-4,7-8,12,16H,5-6H2,1-2H3,(H,17,18). The minimum absolute atomic E-state index is 0.0108. The summed E-state index contributed by atoms with van der Waals surface area (Å²) in [6.45, 7) is 4.46. The van der Waals surface area contributed by atoms with Gasteiger partial charge in [-0.3, -0.25) is 4.79 Å². The summed E-state index contributed by atoms with van der Waals surface area (Å²) >= 11 is 11.7. The number of carbonyl (C=O) groups is 1. The largest absolute Gasteiger partial charge is 0.491 e. The van der Waals surface area contributed by atoms with Crippen molar-refractivity contribution >= 4 is 29.2 Å². The molecule has 0 fully saturated rings. The molecule has 0 saturated heterocycles. The van der Waals surface area contributed by atoms with Gasteiger partial charge in [0, 0.05) is 11.6 Å². The van der Waals surface area contributed by atoms with Crippen LogP contribution in [0, 0.1) is 5.92 Å². The minimum Gasteiger partial charge on any atom is -0.491 e. The van der Waals surface area contributed by atoms with Gasteiger partial charge in [0.1, 0.15) is 18.4 Å². The van der Waals surface area contributed by atoms with Gasteiger partial charge in [-0.05, 0) is 24.1 Å². The maximum atomic E-state index is 11.0. The number of hydrogen-bond acceptors (Lipinski definition) is 3. The van der Waals surface area contributed by atoms with Gasteiger partial charge in [0.25, 0.3) is 0 Å². The molecule has 0 bridgehead atoms. The zero-order valence-electron chi connectivity index (χ0n) is 10.8. The van der Waals surface area contributed by atoms with Gasteiger partial charge in [-0.2, -0.15) is 0 Å². The van der Waals surface area contributed by atoms with Gasteiger partial charge in [-0.15, -0.1) is 0 Å². The van der Waals surface area contributed by atoms with Gasteiger partial charge in [0.2, 0.25) is 0 Å². The van der Waals surface area contributed by atoms with E-state index in [2.05, 4.69) is 5.32 Å². The molecule has 0 saturated carbocycles. The van der Waals surface area contributed by atoms with Gasteiger partial charge in [-0.1, -0.05) is 37.0 Å². The van der Waals surface area contributed by atoms with Crippen LogP contribution in [0.25, 0.3) is 0 Å². The normalized spacial score (nSPS) is 12.5. The third-order valence-corrected chi connectivity index (χ3v) is 3.08. The Morgan fingerprint density at radius 2 is 2.11 bits per heavy atom. The number of carboxylic acid groups (broad SMARTS) is 1. The lowest BCUT2D eigenvalue weighted by Gasteiger charge is -2.18. The van der Waals surface area contributed by atoms with Crippen molar-refractivity contribution < 1.29 is 14.6 Å². The second-order valence-electron chi connectivity index (χ2n) is 4.44. The second kappa shape index (κ2) is 7.58. The lowest BCUT2D eigenvalue weighted by atomic mass is 10.1. The highest BCUT2D eigenvalue weighted by atomic mass is 35.5. The van der Waals surface area contributed by atoms with Crippen LogP contribution in [0.4, 0.5) is 0 Å². The number of rotatable bonds is 7. The number of aliphatic carboxylic acids is 1. The zero-order valence-corrected chi connectivity index (χ0v) is 12.3. The summed E-state index contributed by atoms with van der Waals surface area (Å²) in [5.74, 6) is -0.319. The number of benzene rings is 1. The van der Waals surface area contributed by atoms with E-state index in [4.69, 9.17) is 33.0 Å². The second-order valence-corrected chi connectivity index (χ2v) is 5.28. The first-order valence-corrected chi connectivity index (χ1v) is 6.71. The first kappa shape index (κ1) is 16.1. The number of hydrogen-bond donors (Lipinski definition) is 2. The third-order valence-electron chi connectivity index (χ3n) is 2.55. The summed E-state index contributed by atoms with van der Waals surface area (Å²) in [4.78, 5) is 11.0. The van der Waals surface area contributed by atoms with Crippen molar-refractivity contribution in [2.75, 3.05) is 13.2 Å². The van der Waals surface area contributed by atoms with E-state index in [0.29, 0.717) is 28.9 Å². The summed E-state index contributed by atoms with van der Waals surface area (Å²) in [5, 5.41) is 12.9. The highest BCUT2D eigenvalue weighted by Gasteiger charge is 2.20. The molecule has 1 aromatic rings. The van der Waals surface area contributed by atoms with Crippen LogP contribution in [0.1, 0.15) is 13.8 Å². The van der Waals surface area contributed by atoms with Crippen molar-refractivity contribution in [1.82, 2.24) is 5.32 Å². The average molecular weight is 306 g/mol. The predicted octanol–water partition coefficient (Wildman–Crippen LogP) is 3.07. The molecule has 1 atom stereocenters. The van der Waals surface area contributed by atoms with Crippen LogP contribution in [0.15, 0.2) is 18.2 Å². The molecule has 4 nitrogen and oxygen atoms in total. The van der Waals surface area contributed by atoms with Crippen LogP contribution < -0.4 is 10.1 Å². The smallest absolute Gasteiger partial charge is 0.320 e. The first-order chi connectivity index (χ1) is 8.91. The van der Waals surface area contributed by atoms with Gasteiger partial charge < -0.3 is 15.2 Å². The molecule has 0 radical (unpaired) electrons. The van der Waals surface area contributed by atoms with E-state index in [1.165, 1.54) is 0 Å². The van der Waals surface area contributed by atoms with E-state index in [0.717, 1.165) is 0 Å². The molecule has 1 unspecified atom stereocenters. The van der Waals surface area contributed by atoms with Crippen molar-refractivity contribution in [3.8, 4) is 5.75 Å². The molecule has 1 aromatic carbocycles. The molecule has 0 amide bonds. The average Bonchev–Trinajstić information content (AvgIpc) is 2.30. The molecule has 2 N–H and O–H groups in total.